The van der Waals surface area contributed by atoms with E-state index < -0.39 is 11.8 Å². The standard InChI is InChI=1S/C11H12N2O3/c1-16-8-4-2-7(3-5-8)6-9(10(12)14)11(13)15/h2-6H,1H3,(H2,12,14)(H2,13,15). The minimum absolute atomic E-state index is 0.231. The number of rotatable bonds is 4. The third-order valence-electron chi connectivity index (χ3n) is 1.96. The molecule has 0 fully saturated rings. The Hall–Kier alpha value is -2.30. The zero-order valence-corrected chi connectivity index (χ0v) is 8.77. The van der Waals surface area contributed by atoms with Crippen LogP contribution >= 0.6 is 0 Å². The van der Waals surface area contributed by atoms with E-state index >= 15 is 0 Å². The number of methoxy groups -OCH3 is 1. The van der Waals surface area contributed by atoms with Crippen LogP contribution in [-0.4, -0.2) is 18.9 Å². The molecule has 0 aliphatic heterocycles. The molecule has 4 N–H and O–H groups in total. The van der Waals surface area contributed by atoms with Gasteiger partial charge in [0.15, 0.2) is 0 Å². The lowest BCUT2D eigenvalue weighted by atomic mass is 10.1. The first-order valence-corrected chi connectivity index (χ1v) is 4.50. The summed E-state index contributed by atoms with van der Waals surface area (Å²) in [5.41, 5.74) is 10.4. The molecule has 1 rings (SSSR count). The van der Waals surface area contributed by atoms with Crippen molar-refractivity contribution in [3.05, 3.63) is 35.4 Å². The molecule has 0 aliphatic rings. The van der Waals surface area contributed by atoms with Gasteiger partial charge in [-0.25, -0.2) is 0 Å². The normalized spacial score (nSPS) is 9.31. The molecule has 0 unspecified atom stereocenters. The highest BCUT2D eigenvalue weighted by atomic mass is 16.5. The van der Waals surface area contributed by atoms with Gasteiger partial charge in [-0.05, 0) is 23.8 Å². The molecule has 0 saturated carbocycles. The lowest BCUT2D eigenvalue weighted by Gasteiger charge is -2.01. The van der Waals surface area contributed by atoms with E-state index in [1.54, 1.807) is 31.4 Å². The fraction of sp³-hybridized carbons (Fsp3) is 0.0909. The van der Waals surface area contributed by atoms with Crippen LogP contribution in [0, 0.1) is 0 Å². The number of hydrogen-bond donors (Lipinski definition) is 2. The van der Waals surface area contributed by atoms with Gasteiger partial charge >= 0.3 is 0 Å². The quantitative estimate of drug-likeness (QED) is 0.426. The number of ether oxygens (including phenoxy) is 1. The zero-order valence-electron chi connectivity index (χ0n) is 8.77. The zero-order chi connectivity index (χ0) is 12.1. The second-order valence-electron chi connectivity index (χ2n) is 3.06. The Morgan fingerprint density at radius 3 is 2.00 bits per heavy atom. The topological polar surface area (TPSA) is 95.4 Å². The van der Waals surface area contributed by atoms with Gasteiger partial charge in [-0.1, -0.05) is 12.1 Å². The van der Waals surface area contributed by atoms with E-state index in [4.69, 9.17) is 16.2 Å². The van der Waals surface area contributed by atoms with Gasteiger partial charge in [-0.15, -0.1) is 0 Å². The van der Waals surface area contributed by atoms with Gasteiger partial charge in [0.1, 0.15) is 11.3 Å². The Balaban J connectivity index is 3.04. The summed E-state index contributed by atoms with van der Waals surface area (Å²) in [6.45, 7) is 0. The predicted octanol–water partition coefficient (Wildman–Crippen LogP) is 0.0492. The Kier molecular flexibility index (Phi) is 3.66. The van der Waals surface area contributed by atoms with E-state index in [-0.39, 0.29) is 5.57 Å². The molecular weight excluding hydrogens is 208 g/mol. The lowest BCUT2D eigenvalue weighted by molar-refractivity contribution is -0.120. The highest BCUT2D eigenvalue weighted by molar-refractivity contribution is 6.20. The summed E-state index contributed by atoms with van der Waals surface area (Å²) in [4.78, 5) is 21.8. The average molecular weight is 220 g/mol. The van der Waals surface area contributed by atoms with Crippen molar-refractivity contribution < 1.29 is 14.3 Å². The maximum Gasteiger partial charge on any atom is 0.254 e. The molecule has 5 nitrogen and oxygen atoms in total. The number of primary amides is 2. The van der Waals surface area contributed by atoms with Crippen molar-refractivity contribution in [2.45, 2.75) is 0 Å². The summed E-state index contributed by atoms with van der Waals surface area (Å²) < 4.78 is 4.97. The molecule has 1 aromatic rings. The van der Waals surface area contributed by atoms with Crippen LogP contribution in [0.1, 0.15) is 5.56 Å². The Bertz CT molecular complexity index is 419. The molecule has 0 radical (unpaired) electrons. The van der Waals surface area contributed by atoms with E-state index in [9.17, 15) is 9.59 Å². The minimum Gasteiger partial charge on any atom is -0.497 e. The molecule has 0 atom stereocenters. The predicted molar refractivity (Wildman–Crippen MR) is 59.4 cm³/mol. The summed E-state index contributed by atoms with van der Waals surface area (Å²) in [5, 5.41) is 0. The summed E-state index contributed by atoms with van der Waals surface area (Å²) in [6, 6.07) is 6.77. The van der Waals surface area contributed by atoms with Gasteiger partial charge in [0, 0.05) is 0 Å². The van der Waals surface area contributed by atoms with Crippen LogP contribution in [0.25, 0.3) is 6.08 Å². The summed E-state index contributed by atoms with van der Waals surface area (Å²) in [5.74, 6) is -1.01. The van der Waals surface area contributed by atoms with Gasteiger partial charge in [0.05, 0.1) is 7.11 Å². The third-order valence-corrected chi connectivity index (χ3v) is 1.96. The van der Waals surface area contributed by atoms with Crippen LogP contribution in [0.4, 0.5) is 0 Å². The van der Waals surface area contributed by atoms with Gasteiger partial charge in [0.25, 0.3) is 11.8 Å². The number of hydrogen-bond acceptors (Lipinski definition) is 3. The first-order chi connectivity index (χ1) is 7.54. The van der Waals surface area contributed by atoms with E-state index in [0.29, 0.717) is 11.3 Å². The molecule has 0 saturated heterocycles. The van der Waals surface area contributed by atoms with E-state index in [0.717, 1.165) is 0 Å². The van der Waals surface area contributed by atoms with Crippen molar-refractivity contribution in [1.29, 1.82) is 0 Å². The highest BCUT2D eigenvalue weighted by Crippen LogP contribution is 2.13. The monoisotopic (exact) mass is 220 g/mol. The molecule has 84 valence electrons. The highest BCUT2D eigenvalue weighted by Gasteiger charge is 2.11. The average Bonchev–Trinajstić information content (AvgIpc) is 2.25. The number of benzene rings is 1. The number of nitrogens with two attached hydrogens (primary N) is 2. The van der Waals surface area contributed by atoms with Crippen molar-refractivity contribution in [2.24, 2.45) is 11.5 Å². The molecule has 1 aromatic carbocycles. The van der Waals surface area contributed by atoms with Crippen LogP contribution in [0.5, 0.6) is 5.75 Å². The van der Waals surface area contributed by atoms with Gasteiger partial charge in [-0.2, -0.15) is 0 Å². The number of carbonyl (C=O) groups excluding carboxylic acids is 2. The fourth-order valence-electron chi connectivity index (χ4n) is 1.13. The molecule has 0 spiro atoms. The Morgan fingerprint density at radius 2 is 1.62 bits per heavy atom. The molecular formula is C11H12N2O3. The van der Waals surface area contributed by atoms with Crippen molar-refractivity contribution in [1.82, 2.24) is 0 Å². The molecule has 0 aliphatic carbocycles. The van der Waals surface area contributed by atoms with Crippen LogP contribution in [0.2, 0.25) is 0 Å². The van der Waals surface area contributed by atoms with Crippen LogP contribution in [0.3, 0.4) is 0 Å². The first-order valence-electron chi connectivity index (χ1n) is 4.50. The van der Waals surface area contributed by atoms with Gasteiger partial charge in [0.2, 0.25) is 0 Å². The third kappa shape index (κ3) is 2.84. The Labute approximate surface area is 92.7 Å². The Morgan fingerprint density at radius 1 is 1.12 bits per heavy atom. The lowest BCUT2D eigenvalue weighted by Crippen LogP contribution is -2.25. The largest absolute Gasteiger partial charge is 0.497 e. The van der Waals surface area contributed by atoms with Crippen molar-refractivity contribution in [3.8, 4) is 5.75 Å². The van der Waals surface area contributed by atoms with Crippen LogP contribution < -0.4 is 16.2 Å². The minimum atomic E-state index is -0.844. The molecule has 2 amide bonds. The van der Waals surface area contributed by atoms with Crippen LogP contribution in [0.15, 0.2) is 29.8 Å². The molecule has 0 aromatic heterocycles. The molecule has 0 heterocycles. The van der Waals surface area contributed by atoms with E-state index in [2.05, 4.69) is 0 Å². The second-order valence-corrected chi connectivity index (χ2v) is 3.06. The summed E-state index contributed by atoms with van der Waals surface area (Å²) in [6.07, 6.45) is 1.34. The maximum absolute atomic E-state index is 10.9. The van der Waals surface area contributed by atoms with Crippen molar-refractivity contribution >= 4 is 17.9 Å². The second kappa shape index (κ2) is 4.97. The van der Waals surface area contributed by atoms with E-state index in [1.807, 2.05) is 0 Å². The molecule has 16 heavy (non-hydrogen) atoms. The smallest absolute Gasteiger partial charge is 0.254 e. The van der Waals surface area contributed by atoms with Crippen molar-refractivity contribution in [3.63, 3.8) is 0 Å². The van der Waals surface area contributed by atoms with Gasteiger partial charge < -0.3 is 16.2 Å². The number of carbonyl (C=O) groups is 2. The first kappa shape index (κ1) is 11.8. The summed E-state index contributed by atoms with van der Waals surface area (Å²) >= 11 is 0. The fourth-order valence-corrected chi connectivity index (χ4v) is 1.13. The molecule has 5 heteroatoms. The SMILES string of the molecule is COc1ccc(C=C(C(N)=O)C(N)=O)cc1. The van der Waals surface area contributed by atoms with E-state index in [1.165, 1.54) is 6.08 Å². The molecule has 0 bridgehead atoms. The summed E-state index contributed by atoms with van der Waals surface area (Å²) in [7, 11) is 1.54. The number of amides is 2. The van der Waals surface area contributed by atoms with Gasteiger partial charge in [-0.3, -0.25) is 9.59 Å². The van der Waals surface area contributed by atoms with Crippen LogP contribution in [-0.2, 0) is 9.59 Å². The van der Waals surface area contributed by atoms with Crippen molar-refractivity contribution in [2.75, 3.05) is 7.11 Å². The maximum atomic E-state index is 10.9.